The van der Waals surface area contributed by atoms with E-state index in [2.05, 4.69) is 29.6 Å². The first kappa shape index (κ1) is 15.4. The van der Waals surface area contributed by atoms with Crippen LogP contribution in [0.2, 0.25) is 0 Å². The number of benzene rings is 2. The monoisotopic (exact) mass is 297 g/mol. The Labute approximate surface area is 130 Å². The van der Waals surface area contributed by atoms with Gasteiger partial charge in [0.25, 0.3) is 0 Å². The number of carbonyl (C=O) groups excluding carboxylic acids is 1. The van der Waals surface area contributed by atoms with Crippen LogP contribution in [0.1, 0.15) is 11.1 Å². The van der Waals surface area contributed by atoms with E-state index in [-0.39, 0.29) is 5.91 Å². The van der Waals surface area contributed by atoms with Gasteiger partial charge in [0.15, 0.2) is 0 Å². The predicted molar refractivity (Wildman–Crippen MR) is 92.6 cm³/mol. The summed E-state index contributed by atoms with van der Waals surface area (Å²) in [6, 6.07) is 18.0. The highest BCUT2D eigenvalue weighted by molar-refractivity contribution is 8.00. The molecule has 108 valence electrons. The molecule has 1 amide bonds. The molecule has 0 aliphatic heterocycles. The lowest BCUT2D eigenvalue weighted by molar-refractivity contribution is -0.113. The summed E-state index contributed by atoms with van der Waals surface area (Å²) >= 11 is 1.61. The Kier molecular flexibility index (Phi) is 6.10. The molecule has 0 radical (unpaired) electrons. The molecule has 0 aliphatic rings. The van der Waals surface area contributed by atoms with Gasteiger partial charge in [0.1, 0.15) is 0 Å². The van der Waals surface area contributed by atoms with E-state index in [9.17, 15) is 4.79 Å². The first-order chi connectivity index (χ1) is 10.3. The van der Waals surface area contributed by atoms with Crippen molar-refractivity contribution in [3.8, 4) is 0 Å². The van der Waals surface area contributed by atoms with Gasteiger partial charge in [-0.1, -0.05) is 60.7 Å². The number of anilines is 1. The van der Waals surface area contributed by atoms with Crippen molar-refractivity contribution < 1.29 is 4.79 Å². The normalized spacial score (nSPS) is 10.7. The molecular formula is C18H19NOS. The first-order valence-corrected chi connectivity index (χ1v) is 8.06. The van der Waals surface area contributed by atoms with Crippen molar-refractivity contribution >= 4 is 29.4 Å². The lowest BCUT2D eigenvalue weighted by Crippen LogP contribution is -2.14. The van der Waals surface area contributed by atoms with Gasteiger partial charge in [-0.3, -0.25) is 4.79 Å². The lowest BCUT2D eigenvalue weighted by atomic mass is 10.2. The van der Waals surface area contributed by atoms with Crippen LogP contribution in [-0.4, -0.2) is 17.4 Å². The van der Waals surface area contributed by atoms with Gasteiger partial charge in [-0.2, -0.15) is 0 Å². The van der Waals surface area contributed by atoms with Crippen LogP contribution in [0.5, 0.6) is 0 Å². The molecule has 0 aromatic heterocycles. The fourth-order valence-electron chi connectivity index (χ4n) is 1.87. The second-order valence-electron chi connectivity index (χ2n) is 4.69. The van der Waals surface area contributed by atoms with Crippen molar-refractivity contribution in [1.29, 1.82) is 0 Å². The largest absolute Gasteiger partial charge is 0.325 e. The molecular weight excluding hydrogens is 278 g/mol. The Hall–Kier alpha value is -2.00. The second-order valence-corrected chi connectivity index (χ2v) is 5.72. The molecule has 0 fully saturated rings. The third kappa shape index (κ3) is 5.48. The van der Waals surface area contributed by atoms with Crippen LogP contribution >= 0.6 is 11.8 Å². The summed E-state index contributed by atoms with van der Waals surface area (Å²) in [4.78, 5) is 11.8. The van der Waals surface area contributed by atoms with Crippen LogP contribution in [0, 0.1) is 6.92 Å². The number of amides is 1. The smallest absolute Gasteiger partial charge is 0.234 e. The number of hydrogen-bond acceptors (Lipinski definition) is 2. The van der Waals surface area contributed by atoms with E-state index in [0.29, 0.717) is 5.75 Å². The van der Waals surface area contributed by atoms with Gasteiger partial charge in [0.2, 0.25) is 5.91 Å². The Balaban J connectivity index is 1.70. The van der Waals surface area contributed by atoms with Crippen LogP contribution in [0.3, 0.4) is 0 Å². The zero-order chi connectivity index (χ0) is 14.9. The fraction of sp³-hybridized carbons (Fsp3) is 0.167. The molecule has 21 heavy (non-hydrogen) atoms. The average Bonchev–Trinajstić information content (AvgIpc) is 2.50. The maximum Gasteiger partial charge on any atom is 0.234 e. The number of thioether (sulfide) groups is 1. The summed E-state index contributed by atoms with van der Waals surface area (Å²) in [7, 11) is 0. The summed E-state index contributed by atoms with van der Waals surface area (Å²) in [6.45, 7) is 1.99. The molecule has 0 spiro atoms. The maximum atomic E-state index is 11.8. The predicted octanol–water partition coefficient (Wildman–Crippen LogP) is 4.38. The van der Waals surface area contributed by atoms with Gasteiger partial charge < -0.3 is 5.32 Å². The topological polar surface area (TPSA) is 29.1 Å². The van der Waals surface area contributed by atoms with Crippen LogP contribution in [-0.2, 0) is 4.79 Å². The van der Waals surface area contributed by atoms with Crippen LogP contribution < -0.4 is 5.32 Å². The molecule has 2 aromatic rings. The SMILES string of the molecule is Cc1ccccc1NC(=O)CSC/C=C/c1ccccc1. The van der Waals surface area contributed by atoms with Gasteiger partial charge in [-0.15, -0.1) is 11.8 Å². The molecule has 0 heterocycles. The molecule has 0 aliphatic carbocycles. The van der Waals surface area contributed by atoms with Crippen molar-refractivity contribution in [2.75, 3.05) is 16.8 Å². The van der Waals surface area contributed by atoms with E-state index in [4.69, 9.17) is 0 Å². The number of carbonyl (C=O) groups is 1. The zero-order valence-corrected chi connectivity index (χ0v) is 12.9. The Bertz CT molecular complexity index is 608. The molecule has 0 bridgehead atoms. The molecule has 2 nitrogen and oxygen atoms in total. The van der Waals surface area contributed by atoms with Crippen molar-refractivity contribution in [2.45, 2.75) is 6.92 Å². The van der Waals surface area contributed by atoms with Gasteiger partial charge in [0, 0.05) is 11.4 Å². The van der Waals surface area contributed by atoms with Crippen molar-refractivity contribution in [1.82, 2.24) is 0 Å². The number of rotatable bonds is 6. The first-order valence-electron chi connectivity index (χ1n) is 6.90. The minimum Gasteiger partial charge on any atom is -0.325 e. The van der Waals surface area contributed by atoms with Crippen LogP contribution in [0.25, 0.3) is 6.08 Å². The number of nitrogens with one attached hydrogen (secondary N) is 1. The maximum absolute atomic E-state index is 11.8. The molecule has 0 saturated heterocycles. The van der Waals surface area contributed by atoms with Crippen molar-refractivity contribution in [3.63, 3.8) is 0 Å². The summed E-state index contributed by atoms with van der Waals surface area (Å²) in [5.74, 6) is 1.34. The van der Waals surface area contributed by atoms with Crippen molar-refractivity contribution in [2.24, 2.45) is 0 Å². The van der Waals surface area contributed by atoms with E-state index >= 15 is 0 Å². The second kappa shape index (κ2) is 8.32. The Morgan fingerprint density at radius 3 is 2.57 bits per heavy atom. The molecule has 0 unspecified atom stereocenters. The van der Waals surface area contributed by atoms with E-state index < -0.39 is 0 Å². The Morgan fingerprint density at radius 2 is 1.81 bits per heavy atom. The number of aryl methyl sites for hydroxylation is 1. The van der Waals surface area contributed by atoms with E-state index in [1.54, 1.807) is 11.8 Å². The van der Waals surface area contributed by atoms with Gasteiger partial charge in [-0.25, -0.2) is 0 Å². The zero-order valence-electron chi connectivity index (χ0n) is 12.1. The van der Waals surface area contributed by atoms with Gasteiger partial charge >= 0.3 is 0 Å². The minimum atomic E-state index is 0.0439. The van der Waals surface area contributed by atoms with Gasteiger partial charge in [0.05, 0.1) is 5.75 Å². The average molecular weight is 297 g/mol. The van der Waals surface area contributed by atoms with E-state index in [1.165, 1.54) is 5.56 Å². The van der Waals surface area contributed by atoms with Crippen LogP contribution in [0.15, 0.2) is 60.7 Å². The molecule has 0 atom stereocenters. The quantitative estimate of drug-likeness (QED) is 0.802. The molecule has 2 aromatic carbocycles. The lowest BCUT2D eigenvalue weighted by Gasteiger charge is -2.07. The number of para-hydroxylation sites is 1. The van der Waals surface area contributed by atoms with Gasteiger partial charge in [-0.05, 0) is 24.1 Å². The van der Waals surface area contributed by atoms with E-state index in [1.807, 2.05) is 49.4 Å². The van der Waals surface area contributed by atoms with Crippen LogP contribution in [0.4, 0.5) is 5.69 Å². The third-order valence-electron chi connectivity index (χ3n) is 2.98. The highest BCUT2D eigenvalue weighted by atomic mass is 32.2. The summed E-state index contributed by atoms with van der Waals surface area (Å²) in [5, 5.41) is 2.93. The standard InChI is InChI=1S/C18H19NOS/c1-15-8-5-6-12-17(15)19-18(20)14-21-13-7-11-16-9-3-2-4-10-16/h2-12H,13-14H2,1H3,(H,19,20)/b11-7+. The molecule has 0 saturated carbocycles. The van der Waals surface area contributed by atoms with Crippen molar-refractivity contribution in [3.05, 3.63) is 71.8 Å². The molecule has 3 heteroatoms. The molecule has 1 N–H and O–H groups in total. The summed E-state index contributed by atoms with van der Waals surface area (Å²) in [6.07, 6.45) is 4.16. The molecule has 2 rings (SSSR count). The highest BCUT2D eigenvalue weighted by Gasteiger charge is 2.03. The highest BCUT2D eigenvalue weighted by Crippen LogP contribution is 2.14. The number of hydrogen-bond donors (Lipinski definition) is 1. The fourth-order valence-corrected chi connectivity index (χ4v) is 2.48. The Morgan fingerprint density at radius 1 is 1.10 bits per heavy atom. The van der Waals surface area contributed by atoms with E-state index in [0.717, 1.165) is 17.0 Å². The third-order valence-corrected chi connectivity index (χ3v) is 3.87. The summed E-state index contributed by atoms with van der Waals surface area (Å²) in [5.41, 5.74) is 3.16. The minimum absolute atomic E-state index is 0.0439. The summed E-state index contributed by atoms with van der Waals surface area (Å²) < 4.78 is 0.